The van der Waals surface area contributed by atoms with Gasteiger partial charge in [-0.25, -0.2) is 0 Å². The first-order valence-corrected chi connectivity index (χ1v) is 7.23. The van der Waals surface area contributed by atoms with Crippen molar-refractivity contribution in [3.05, 3.63) is 51.3 Å². The molecule has 0 unspecified atom stereocenters. The van der Waals surface area contributed by atoms with Gasteiger partial charge in [0, 0.05) is 21.5 Å². The zero-order valence-electron chi connectivity index (χ0n) is 10.2. The normalized spacial score (nSPS) is 10.7. The van der Waals surface area contributed by atoms with Crippen molar-refractivity contribution >= 4 is 40.0 Å². The third-order valence-corrected chi connectivity index (χ3v) is 4.44. The number of hydrogen-bond acceptors (Lipinski definition) is 4. The standard InChI is InChI=1S/C14H9ClIN3O/c15-10-7-9(1-2-11(10)16)13-12(14(17)19-20-13)8-3-5-18-6-4-8/h1-7H,(H2,17,19). The van der Waals surface area contributed by atoms with Crippen LogP contribution in [0.5, 0.6) is 0 Å². The summed E-state index contributed by atoms with van der Waals surface area (Å²) in [5.74, 6) is 0.952. The Balaban J connectivity index is 2.18. The second-order valence-corrected chi connectivity index (χ2v) is 5.71. The molecule has 0 aliphatic rings. The fourth-order valence-electron chi connectivity index (χ4n) is 1.93. The molecule has 20 heavy (non-hydrogen) atoms. The fourth-order valence-corrected chi connectivity index (χ4v) is 2.45. The average Bonchev–Trinajstić information content (AvgIpc) is 2.85. The van der Waals surface area contributed by atoms with Crippen LogP contribution in [0.15, 0.2) is 47.2 Å². The molecule has 0 spiro atoms. The number of hydrogen-bond donors (Lipinski definition) is 1. The first-order valence-electron chi connectivity index (χ1n) is 5.78. The number of nitrogen functional groups attached to an aromatic ring is 1. The molecule has 1 aromatic carbocycles. The van der Waals surface area contributed by atoms with Gasteiger partial charge < -0.3 is 10.3 Å². The number of nitrogens with zero attached hydrogens (tertiary/aromatic N) is 2. The first kappa shape index (κ1) is 13.4. The molecule has 2 heterocycles. The van der Waals surface area contributed by atoms with Gasteiger partial charge in [0.05, 0.1) is 10.6 Å². The number of halogens is 2. The summed E-state index contributed by atoms with van der Waals surface area (Å²) in [5, 5.41) is 4.52. The average molecular weight is 398 g/mol. The van der Waals surface area contributed by atoms with Gasteiger partial charge in [0.15, 0.2) is 11.6 Å². The minimum Gasteiger partial charge on any atom is -0.380 e. The van der Waals surface area contributed by atoms with E-state index in [0.29, 0.717) is 16.6 Å². The lowest BCUT2D eigenvalue weighted by Gasteiger charge is -2.04. The number of anilines is 1. The number of aromatic nitrogens is 2. The molecule has 0 atom stereocenters. The maximum Gasteiger partial charge on any atom is 0.176 e. The smallest absolute Gasteiger partial charge is 0.176 e. The molecule has 0 saturated carbocycles. The molecule has 4 nitrogen and oxygen atoms in total. The number of nitrogens with two attached hydrogens (primary N) is 1. The molecule has 0 aliphatic carbocycles. The van der Waals surface area contributed by atoms with E-state index in [1.165, 1.54) is 0 Å². The van der Waals surface area contributed by atoms with Crippen LogP contribution in [-0.2, 0) is 0 Å². The van der Waals surface area contributed by atoms with Crippen LogP contribution in [0.1, 0.15) is 0 Å². The minimum absolute atomic E-state index is 0.348. The molecular weight excluding hydrogens is 389 g/mol. The molecule has 0 radical (unpaired) electrons. The highest BCUT2D eigenvalue weighted by Crippen LogP contribution is 2.37. The monoisotopic (exact) mass is 397 g/mol. The highest BCUT2D eigenvalue weighted by atomic mass is 127. The van der Waals surface area contributed by atoms with E-state index >= 15 is 0 Å². The lowest BCUT2D eigenvalue weighted by atomic mass is 10.0. The van der Waals surface area contributed by atoms with Crippen LogP contribution in [0, 0.1) is 3.57 Å². The largest absolute Gasteiger partial charge is 0.380 e. The molecule has 2 aromatic heterocycles. The summed E-state index contributed by atoms with van der Waals surface area (Å²) in [6.07, 6.45) is 3.40. The van der Waals surface area contributed by atoms with Crippen molar-refractivity contribution < 1.29 is 4.52 Å². The summed E-state index contributed by atoms with van der Waals surface area (Å²) in [6.45, 7) is 0. The van der Waals surface area contributed by atoms with Gasteiger partial charge in [-0.15, -0.1) is 0 Å². The van der Waals surface area contributed by atoms with Crippen molar-refractivity contribution in [3.8, 4) is 22.5 Å². The highest BCUT2D eigenvalue weighted by molar-refractivity contribution is 14.1. The van der Waals surface area contributed by atoms with Gasteiger partial charge in [-0.05, 0) is 58.5 Å². The van der Waals surface area contributed by atoms with Gasteiger partial charge in [-0.3, -0.25) is 4.98 Å². The van der Waals surface area contributed by atoms with Crippen molar-refractivity contribution in [2.75, 3.05) is 5.73 Å². The Bertz CT molecular complexity index is 758. The topological polar surface area (TPSA) is 64.9 Å². The van der Waals surface area contributed by atoms with Crippen LogP contribution >= 0.6 is 34.2 Å². The van der Waals surface area contributed by atoms with Crippen molar-refractivity contribution in [1.82, 2.24) is 10.1 Å². The Hall–Kier alpha value is -1.60. The number of pyridine rings is 1. The summed E-state index contributed by atoms with van der Waals surface area (Å²) < 4.78 is 6.35. The van der Waals surface area contributed by atoms with Crippen molar-refractivity contribution in [1.29, 1.82) is 0 Å². The third-order valence-electron chi connectivity index (χ3n) is 2.87. The van der Waals surface area contributed by atoms with E-state index in [1.807, 2.05) is 30.3 Å². The molecule has 0 bridgehead atoms. The van der Waals surface area contributed by atoms with Crippen LogP contribution in [0.3, 0.4) is 0 Å². The van der Waals surface area contributed by atoms with Gasteiger partial charge in [-0.1, -0.05) is 16.8 Å². The van der Waals surface area contributed by atoms with Crippen molar-refractivity contribution in [2.45, 2.75) is 0 Å². The summed E-state index contributed by atoms with van der Waals surface area (Å²) in [4.78, 5) is 4.00. The molecule has 100 valence electrons. The number of rotatable bonds is 2. The van der Waals surface area contributed by atoms with Crippen LogP contribution in [0.25, 0.3) is 22.5 Å². The second-order valence-electron chi connectivity index (χ2n) is 4.14. The minimum atomic E-state index is 0.348. The molecule has 3 aromatic rings. The van der Waals surface area contributed by atoms with Gasteiger partial charge in [-0.2, -0.15) is 0 Å². The molecule has 6 heteroatoms. The molecule has 0 fully saturated rings. The molecule has 2 N–H and O–H groups in total. The van der Waals surface area contributed by atoms with E-state index in [9.17, 15) is 0 Å². The summed E-state index contributed by atoms with van der Waals surface area (Å²) in [6, 6.07) is 9.42. The van der Waals surface area contributed by atoms with Gasteiger partial charge >= 0.3 is 0 Å². The van der Waals surface area contributed by atoms with Crippen molar-refractivity contribution in [2.24, 2.45) is 0 Å². The maximum atomic E-state index is 6.16. The third kappa shape index (κ3) is 2.38. The molecule has 0 aliphatic heterocycles. The fraction of sp³-hybridized carbons (Fsp3) is 0. The van der Waals surface area contributed by atoms with E-state index in [2.05, 4.69) is 32.7 Å². The van der Waals surface area contributed by atoms with E-state index in [0.717, 1.165) is 20.3 Å². The maximum absolute atomic E-state index is 6.16. The molecule has 0 amide bonds. The molecular formula is C14H9ClIN3O. The first-order chi connectivity index (χ1) is 9.66. The Labute approximate surface area is 134 Å². The number of benzene rings is 1. The quantitative estimate of drug-likeness (QED) is 0.657. The van der Waals surface area contributed by atoms with Crippen molar-refractivity contribution in [3.63, 3.8) is 0 Å². The van der Waals surface area contributed by atoms with E-state index < -0.39 is 0 Å². The van der Waals surface area contributed by atoms with Gasteiger partial charge in [0.25, 0.3) is 0 Å². The van der Waals surface area contributed by atoms with Crippen LogP contribution in [0.4, 0.5) is 5.82 Å². The van der Waals surface area contributed by atoms with Gasteiger partial charge in [0.1, 0.15) is 0 Å². The van der Waals surface area contributed by atoms with E-state index in [-0.39, 0.29) is 0 Å². The van der Waals surface area contributed by atoms with Gasteiger partial charge in [0.2, 0.25) is 0 Å². The lowest BCUT2D eigenvalue weighted by Crippen LogP contribution is -1.89. The molecule has 3 rings (SSSR count). The SMILES string of the molecule is Nc1noc(-c2ccc(I)c(Cl)c2)c1-c1ccncc1. The Morgan fingerprint density at radius 3 is 2.55 bits per heavy atom. The zero-order valence-corrected chi connectivity index (χ0v) is 13.1. The van der Waals surface area contributed by atoms with E-state index in [1.54, 1.807) is 12.4 Å². The summed E-state index contributed by atoms with van der Waals surface area (Å²) in [7, 11) is 0. The molecule has 0 saturated heterocycles. The highest BCUT2D eigenvalue weighted by Gasteiger charge is 2.18. The van der Waals surface area contributed by atoms with Crippen LogP contribution in [0.2, 0.25) is 5.02 Å². The predicted molar refractivity (Wildman–Crippen MR) is 87.3 cm³/mol. The van der Waals surface area contributed by atoms with E-state index in [4.69, 9.17) is 21.9 Å². The summed E-state index contributed by atoms with van der Waals surface area (Å²) >= 11 is 8.33. The lowest BCUT2D eigenvalue weighted by molar-refractivity contribution is 0.436. The predicted octanol–water partition coefficient (Wildman–Crippen LogP) is 4.24. The Morgan fingerprint density at radius 1 is 1.10 bits per heavy atom. The Kier molecular flexibility index (Phi) is 3.62. The second kappa shape index (κ2) is 5.41. The summed E-state index contributed by atoms with van der Waals surface area (Å²) in [5.41, 5.74) is 8.42. The van der Waals surface area contributed by atoms with Crippen LogP contribution in [-0.4, -0.2) is 10.1 Å². The van der Waals surface area contributed by atoms with Crippen LogP contribution < -0.4 is 5.73 Å². The zero-order chi connectivity index (χ0) is 14.1. The Morgan fingerprint density at radius 2 is 1.85 bits per heavy atom.